The number of carbonyl (C=O) groups is 1. The van der Waals surface area contributed by atoms with Gasteiger partial charge in [-0.15, -0.1) is 0 Å². The average molecular weight is 497 g/mol. The smallest absolute Gasteiger partial charge is 0.337 e. The molecule has 2 aromatic heterocycles. The molecule has 0 spiro atoms. The number of hydrogen-bond donors (Lipinski definition) is 1. The lowest BCUT2D eigenvalue weighted by molar-refractivity contribution is 0.0600. The second-order valence-electron chi connectivity index (χ2n) is 9.04. The van der Waals surface area contributed by atoms with Gasteiger partial charge in [0.25, 0.3) is 0 Å². The molecule has 1 aliphatic rings. The molecule has 2 atom stereocenters. The number of esters is 1. The normalized spacial score (nSPS) is 17.2. The van der Waals surface area contributed by atoms with E-state index >= 15 is 0 Å². The highest BCUT2D eigenvalue weighted by atomic mass is 32.1. The van der Waals surface area contributed by atoms with Crippen LogP contribution < -0.4 is 10.2 Å². The van der Waals surface area contributed by atoms with E-state index in [1.165, 1.54) is 12.7 Å². The van der Waals surface area contributed by atoms with Crippen LogP contribution in [-0.2, 0) is 4.74 Å². The Morgan fingerprint density at radius 1 is 0.972 bits per heavy atom. The number of pyridine rings is 1. The summed E-state index contributed by atoms with van der Waals surface area (Å²) in [5.41, 5.74) is 7.84. The highest BCUT2D eigenvalue weighted by Gasteiger charge is 2.42. The van der Waals surface area contributed by atoms with Crippen molar-refractivity contribution in [1.29, 1.82) is 0 Å². The molecule has 0 saturated carbocycles. The van der Waals surface area contributed by atoms with Gasteiger partial charge in [-0.2, -0.15) is 0 Å². The summed E-state index contributed by atoms with van der Waals surface area (Å²) in [5.74, 6) is -0.356. The molecule has 1 aliphatic heterocycles. The average Bonchev–Trinajstić information content (AvgIpc) is 3.39. The largest absolute Gasteiger partial charge is 0.465 e. The molecular formula is C29H28N4O2S. The van der Waals surface area contributed by atoms with Crippen molar-refractivity contribution in [3.8, 4) is 5.69 Å². The van der Waals surface area contributed by atoms with Crippen molar-refractivity contribution < 1.29 is 9.53 Å². The minimum atomic E-state index is -0.356. The summed E-state index contributed by atoms with van der Waals surface area (Å²) in [6.07, 6.45) is 1.81. The molecule has 0 radical (unpaired) electrons. The summed E-state index contributed by atoms with van der Waals surface area (Å²) in [6.45, 7) is 6.26. The lowest BCUT2D eigenvalue weighted by atomic mass is 9.96. The number of ether oxygens (including phenoxy) is 1. The van der Waals surface area contributed by atoms with Crippen molar-refractivity contribution in [2.75, 3.05) is 12.0 Å². The second kappa shape index (κ2) is 9.59. The zero-order valence-electron chi connectivity index (χ0n) is 20.7. The summed E-state index contributed by atoms with van der Waals surface area (Å²) in [5, 5.41) is 4.20. The topological polar surface area (TPSA) is 59.4 Å². The zero-order chi connectivity index (χ0) is 25.4. The van der Waals surface area contributed by atoms with E-state index in [9.17, 15) is 4.79 Å². The minimum absolute atomic E-state index is 0.112. The van der Waals surface area contributed by atoms with E-state index in [1.54, 1.807) is 6.07 Å². The van der Waals surface area contributed by atoms with Gasteiger partial charge in [0.2, 0.25) is 0 Å². The number of aryl methyl sites for hydroxylation is 2. The number of thiocarbonyl (C=S) groups is 1. The van der Waals surface area contributed by atoms with Crippen molar-refractivity contribution in [1.82, 2.24) is 14.9 Å². The first kappa shape index (κ1) is 23.8. The van der Waals surface area contributed by atoms with Crippen LogP contribution in [-0.4, -0.2) is 27.7 Å². The molecule has 7 heteroatoms. The van der Waals surface area contributed by atoms with Gasteiger partial charge in [0.1, 0.15) is 0 Å². The summed E-state index contributed by atoms with van der Waals surface area (Å²) in [7, 11) is 1.40. The van der Waals surface area contributed by atoms with Crippen LogP contribution in [0.15, 0.2) is 79.0 Å². The van der Waals surface area contributed by atoms with Crippen LogP contribution in [0, 0.1) is 20.8 Å². The van der Waals surface area contributed by atoms with E-state index in [4.69, 9.17) is 17.0 Å². The van der Waals surface area contributed by atoms with E-state index in [-0.39, 0.29) is 18.1 Å². The molecule has 182 valence electrons. The van der Waals surface area contributed by atoms with Crippen LogP contribution >= 0.6 is 12.2 Å². The first-order valence-corrected chi connectivity index (χ1v) is 12.2. The highest BCUT2D eigenvalue weighted by molar-refractivity contribution is 7.80. The number of rotatable bonds is 5. The maximum Gasteiger partial charge on any atom is 0.337 e. The number of nitrogens with one attached hydrogen (secondary N) is 1. The van der Waals surface area contributed by atoms with Gasteiger partial charge in [-0.05, 0) is 87.1 Å². The van der Waals surface area contributed by atoms with Crippen molar-refractivity contribution in [3.63, 3.8) is 0 Å². The number of aromatic nitrogens is 2. The maximum atomic E-state index is 12.2. The van der Waals surface area contributed by atoms with Gasteiger partial charge in [-0.1, -0.05) is 29.8 Å². The van der Waals surface area contributed by atoms with Gasteiger partial charge in [0, 0.05) is 29.0 Å². The first-order valence-electron chi connectivity index (χ1n) is 11.8. The molecule has 1 saturated heterocycles. The molecule has 4 aromatic rings. The lowest BCUT2D eigenvalue weighted by Gasteiger charge is -2.28. The van der Waals surface area contributed by atoms with E-state index in [2.05, 4.69) is 70.9 Å². The Kier molecular flexibility index (Phi) is 6.33. The van der Waals surface area contributed by atoms with Crippen LogP contribution in [0.3, 0.4) is 0 Å². The number of methoxy groups -OCH3 is 1. The third-order valence-electron chi connectivity index (χ3n) is 6.72. The van der Waals surface area contributed by atoms with Crippen LogP contribution in [0.25, 0.3) is 5.69 Å². The molecule has 0 unspecified atom stereocenters. The molecule has 0 bridgehead atoms. The lowest BCUT2D eigenvalue weighted by Crippen LogP contribution is -2.29. The third kappa shape index (κ3) is 4.16. The number of carbonyl (C=O) groups excluding carboxylic acids is 1. The number of nitrogens with zero attached hydrogens (tertiary/aromatic N) is 3. The van der Waals surface area contributed by atoms with Crippen LogP contribution in [0.5, 0.6) is 0 Å². The van der Waals surface area contributed by atoms with Gasteiger partial charge in [0.15, 0.2) is 5.11 Å². The summed E-state index contributed by atoms with van der Waals surface area (Å²) < 4.78 is 7.11. The quantitative estimate of drug-likeness (QED) is 0.280. The predicted octanol–water partition coefficient (Wildman–Crippen LogP) is 5.76. The zero-order valence-corrected chi connectivity index (χ0v) is 21.5. The van der Waals surface area contributed by atoms with Crippen molar-refractivity contribution in [2.24, 2.45) is 0 Å². The molecule has 6 nitrogen and oxygen atoms in total. The van der Waals surface area contributed by atoms with Crippen molar-refractivity contribution >= 4 is 29.0 Å². The SMILES string of the molecule is COC(=O)c1cccc(-n2c(C)cc([C@@H]3[C@@H](c4ccccn4)NC(=S)N3c3ccc(C)cc3)c2C)c1. The van der Waals surface area contributed by atoms with Gasteiger partial charge < -0.3 is 19.5 Å². The monoisotopic (exact) mass is 496 g/mol. The predicted molar refractivity (Wildman–Crippen MR) is 146 cm³/mol. The highest BCUT2D eigenvalue weighted by Crippen LogP contribution is 2.43. The van der Waals surface area contributed by atoms with Crippen LogP contribution in [0.2, 0.25) is 0 Å². The number of benzene rings is 2. The molecule has 0 amide bonds. The molecule has 1 N–H and O–H groups in total. The van der Waals surface area contributed by atoms with E-state index in [1.807, 2.05) is 42.6 Å². The van der Waals surface area contributed by atoms with E-state index in [0.29, 0.717) is 10.7 Å². The molecule has 3 heterocycles. The second-order valence-corrected chi connectivity index (χ2v) is 9.42. The Morgan fingerprint density at radius 3 is 2.44 bits per heavy atom. The van der Waals surface area contributed by atoms with Gasteiger partial charge in [0.05, 0.1) is 30.5 Å². The Labute approximate surface area is 216 Å². The van der Waals surface area contributed by atoms with Crippen molar-refractivity contribution in [3.05, 3.63) is 113 Å². The Morgan fingerprint density at radius 2 is 1.75 bits per heavy atom. The van der Waals surface area contributed by atoms with E-state index < -0.39 is 0 Å². The molecule has 5 rings (SSSR count). The first-order chi connectivity index (χ1) is 17.4. The van der Waals surface area contributed by atoms with Crippen LogP contribution in [0.1, 0.15) is 50.7 Å². The molecule has 2 aromatic carbocycles. The maximum absolute atomic E-state index is 12.2. The summed E-state index contributed by atoms with van der Waals surface area (Å²) >= 11 is 5.87. The fourth-order valence-corrected chi connectivity index (χ4v) is 5.37. The summed E-state index contributed by atoms with van der Waals surface area (Å²) in [4.78, 5) is 19.0. The number of hydrogen-bond acceptors (Lipinski definition) is 4. The Bertz CT molecular complexity index is 1430. The van der Waals surface area contributed by atoms with Gasteiger partial charge in [-0.25, -0.2) is 4.79 Å². The van der Waals surface area contributed by atoms with Gasteiger partial charge >= 0.3 is 5.97 Å². The van der Waals surface area contributed by atoms with Crippen LogP contribution in [0.4, 0.5) is 5.69 Å². The number of anilines is 1. The molecular weight excluding hydrogens is 468 g/mol. The fourth-order valence-electron chi connectivity index (χ4n) is 5.03. The minimum Gasteiger partial charge on any atom is -0.465 e. The standard InChI is InChI=1S/C29H28N4O2S/c1-18-11-13-22(14-12-18)33-27(26(31-29(33)36)25-10-5-6-15-30-25)24-16-19(2)32(20(24)3)23-9-7-8-21(17-23)28(34)35-4/h5-17,26-27H,1-4H3,(H,31,36)/t26-,27-/m1/s1. The molecule has 1 fully saturated rings. The third-order valence-corrected chi connectivity index (χ3v) is 7.04. The summed E-state index contributed by atoms with van der Waals surface area (Å²) in [6, 6.07) is 23.8. The Hall–Kier alpha value is -3.97. The van der Waals surface area contributed by atoms with E-state index in [0.717, 1.165) is 34.0 Å². The fraction of sp³-hybridized carbons (Fsp3) is 0.207. The van der Waals surface area contributed by atoms with Crippen molar-refractivity contribution in [2.45, 2.75) is 32.9 Å². The molecule has 36 heavy (non-hydrogen) atoms. The molecule has 0 aliphatic carbocycles. The van der Waals surface area contributed by atoms with Gasteiger partial charge in [-0.3, -0.25) is 4.98 Å². The Balaban J connectivity index is 1.66.